The van der Waals surface area contributed by atoms with E-state index in [9.17, 15) is 0 Å². The zero-order valence-corrected chi connectivity index (χ0v) is 37.2. The smallest absolute Gasteiger partial charge is 0.269 e. The third kappa shape index (κ3) is 5.94. The molecule has 0 bridgehead atoms. The summed E-state index contributed by atoms with van der Waals surface area (Å²) >= 11 is 1.86. The minimum Gasteiger partial charge on any atom is -0.457 e. The van der Waals surface area contributed by atoms with E-state index in [1.54, 1.807) is 0 Å². The number of hydrogen-bond acceptors (Lipinski definition) is 5. The Labute approximate surface area is 363 Å². The molecule has 0 N–H and O–H groups in total. The lowest BCUT2D eigenvalue weighted by Gasteiger charge is -2.40. The van der Waals surface area contributed by atoms with Gasteiger partial charge < -0.3 is 19.0 Å². The van der Waals surface area contributed by atoms with E-state index in [0.29, 0.717) is 0 Å². The molecule has 4 nitrogen and oxygen atoms in total. The predicted octanol–water partition coefficient (Wildman–Crippen LogP) is 14.2. The molecule has 11 rings (SSSR count). The lowest BCUT2D eigenvalue weighted by atomic mass is 9.36. The number of hydrogen-bond donors (Lipinski definition) is 0. The average Bonchev–Trinajstić information content (AvgIpc) is 3.80. The molecule has 7 aromatic carbocycles. The van der Waals surface area contributed by atoms with Crippen LogP contribution >= 0.6 is 11.3 Å². The molecule has 2 aromatic heterocycles. The van der Waals surface area contributed by atoms with Crippen LogP contribution in [0.25, 0.3) is 32.0 Å². The van der Waals surface area contributed by atoms with Crippen LogP contribution in [0.2, 0.25) is 0 Å². The number of ether oxygens (including phenoxy) is 1. The van der Waals surface area contributed by atoms with E-state index in [-0.39, 0.29) is 17.5 Å². The summed E-state index contributed by atoms with van der Waals surface area (Å²) in [4.78, 5) is 4.89. The molecule has 0 amide bonds. The number of thiophene rings is 1. The maximum absolute atomic E-state index is 7.27. The first-order valence-corrected chi connectivity index (χ1v) is 22.3. The summed E-state index contributed by atoms with van der Waals surface area (Å²) in [5, 5.41) is 3.35. The van der Waals surface area contributed by atoms with Crippen molar-refractivity contribution < 1.29 is 9.15 Å². The number of para-hydroxylation sites is 1. The van der Waals surface area contributed by atoms with Crippen LogP contribution in [0, 0.1) is 20.8 Å². The molecule has 300 valence electrons. The Morgan fingerprint density at radius 1 is 0.623 bits per heavy atom. The van der Waals surface area contributed by atoms with Crippen LogP contribution in [0.1, 0.15) is 69.4 Å². The number of rotatable bonds is 4. The van der Waals surface area contributed by atoms with Crippen molar-refractivity contribution in [2.75, 3.05) is 9.80 Å². The van der Waals surface area contributed by atoms with Crippen LogP contribution in [0.4, 0.5) is 34.1 Å². The van der Waals surface area contributed by atoms with Gasteiger partial charge in [-0.2, -0.15) is 0 Å². The highest BCUT2D eigenvalue weighted by atomic mass is 32.1. The molecule has 0 spiro atoms. The summed E-state index contributed by atoms with van der Waals surface area (Å²) in [6.07, 6.45) is 0. The molecule has 0 aliphatic carbocycles. The van der Waals surface area contributed by atoms with Crippen molar-refractivity contribution in [1.82, 2.24) is 0 Å². The first-order valence-electron chi connectivity index (χ1n) is 21.4. The molecule has 6 heteroatoms. The van der Waals surface area contributed by atoms with Gasteiger partial charge in [0.25, 0.3) is 6.71 Å². The highest BCUT2D eigenvalue weighted by Gasteiger charge is 2.46. The molecule has 0 saturated carbocycles. The first kappa shape index (κ1) is 37.7. The van der Waals surface area contributed by atoms with Crippen LogP contribution in [0.15, 0.2) is 138 Å². The van der Waals surface area contributed by atoms with Crippen LogP contribution in [0.3, 0.4) is 0 Å². The van der Waals surface area contributed by atoms with Crippen molar-refractivity contribution in [2.45, 2.75) is 73.1 Å². The molecule has 0 unspecified atom stereocenters. The molecular formula is C55H49BN2O2S. The molecule has 0 saturated heterocycles. The van der Waals surface area contributed by atoms with Crippen LogP contribution in [-0.2, 0) is 10.8 Å². The Hall–Kier alpha value is -6.24. The van der Waals surface area contributed by atoms with Crippen LogP contribution in [0.5, 0.6) is 11.5 Å². The monoisotopic (exact) mass is 812 g/mol. The lowest BCUT2D eigenvalue weighted by molar-refractivity contribution is 0.494. The third-order valence-electron chi connectivity index (χ3n) is 12.8. The second-order valence-corrected chi connectivity index (χ2v) is 20.3. The summed E-state index contributed by atoms with van der Waals surface area (Å²) in [5.41, 5.74) is 16.8. The van der Waals surface area contributed by atoms with Gasteiger partial charge in [0.1, 0.15) is 17.1 Å². The Bertz CT molecular complexity index is 3170. The molecule has 9 aromatic rings. The summed E-state index contributed by atoms with van der Waals surface area (Å²) in [7, 11) is 0. The highest BCUT2D eigenvalue weighted by molar-refractivity contribution is 7.33. The molecule has 2 aliphatic rings. The van der Waals surface area contributed by atoms with Crippen molar-refractivity contribution >= 4 is 99.9 Å². The number of furan rings is 1. The fraction of sp³-hybridized carbons (Fsp3) is 0.200. The van der Waals surface area contributed by atoms with Crippen molar-refractivity contribution in [3.05, 3.63) is 161 Å². The molecule has 0 atom stereocenters. The minimum atomic E-state index is -0.112. The van der Waals surface area contributed by atoms with Gasteiger partial charge in [0.15, 0.2) is 5.58 Å². The summed E-state index contributed by atoms with van der Waals surface area (Å²) in [6, 6.07) is 49.5. The Balaban J connectivity index is 1.29. The van der Waals surface area contributed by atoms with Gasteiger partial charge >= 0.3 is 0 Å². The summed E-state index contributed by atoms with van der Waals surface area (Å²) < 4.78 is 16.9. The highest BCUT2D eigenvalue weighted by Crippen LogP contribution is 2.51. The molecule has 61 heavy (non-hydrogen) atoms. The van der Waals surface area contributed by atoms with E-state index < -0.39 is 0 Å². The van der Waals surface area contributed by atoms with Crippen molar-refractivity contribution in [2.24, 2.45) is 0 Å². The van der Waals surface area contributed by atoms with Gasteiger partial charge in [-0.3, -0.25) is 0 Å². The van der Waals surface area contributed by atoms with Crippen LogP contribution in [-0.4, -0.2) is 6.71 Å². The van der Waals surface area contributed by atoms with E-state index in [4.69, 9.17) is 9.15 Å². The number of benzene rings is 7. The van der Waals surface area contributed by atoms with Gasteiger partial charge in [0, 0.05) is 43.0 Å². The second kappa shape index (κ2) is 13.4. The molecule has 0 fully saturated rings. The SMILES string of the molecule is Cc1ccc(N(c2ccc(C)cc2)c2cc3c(c4oc5ccccc5c24)N(c2ccc(C(C)(C)C)cc2)c2cc(C)cc4c2B3c2sc3ccc(C(C)(C)C)cc3c2O4)cc1. The predicted molar refractivity (Wildman–Crippen MR) is 261 cm³/mol. The average molecular weight is 813 g/mol. The number of anilines is 6. The topological polar surface area (TPSA) is 28.9 Å². The van der Waals surface area contributed by atoms with Crippen LogP contribution < -0.4 is 30.2 Å². The van der Waals surface area contributed by atoms with Crippen molar-refractivity contribution in [1.29, 1.82) is 0 Å². The second-order valence-electron chi connectivity index (χ2n) is 19.3. The quantitative estimate of drug-likeness (QED) is 0.166. The number of nitrogens with zero attached hydrogens (tertiary/aromatic N) is 2. The lowest BCUT2D eigenvalue weighted by Crippen LogP contribution is -2.58. The first-order chi connectivity index (χ1) is 29.2. The van der Waals surface area contributed by atoms with Gasteiger partial charge in [-0.05, 0) is 132 Å². The van der Waals surface area contributed by atoms with E-state index in [1.165, 1.54) is 48.0 Å². The molecular weight excluding hydrogens is 763 g/mol. The van der Waals surface area contributed by atoms with Crippen molar-refractivity contribution in [3.8, 4) is 11.5 Å². The minimum absolute atomic E-state index is 0.00294. The van der Waals surface area contributed by atoms with Gasteiger partial charge in [-0.1, -0.05) is 113 Å². The van der Waals surface area contributed by atoms with Gasteiger partial charge in [0.05, 0.1) is 16.8 Å². The molecule has 4 heterocycles. The molecule has 0 radical (unpaired) electrons. The Morgan fingerprint density at radius 3 is 1.92 bits per heavy atom. The van der Waals surface area contributed by atoms with Crippen molar-refractivity contribution in [3.63, 3.8) is 0 Å². The zero-order chi connectivity index (χ0) is 42.1. The third-order valence-corrected chi connectivity index (χ3v) is 14.0. The number of aryl methyl sites for hydroxylation is 3. The summed E-state index contributed by atoms with van der Waals surface area (Å²) in [6.45, 7) is 20.1. The fourth-order valence-electron chi connectivity index (χ4n) is 9.53. The van der Waals surface area contributed by atoms with E-state index in [2.05, 4.69) is 206 Å². The van der Waals surface area contributed by atoms with Gasteiger partial charge in [-0.15, -0.1) is 11.3 Å². The normalized spacial score (nSPS) is 13.4. The standard InChI is InChI=1S/C55H49BN2O2S/c1-32-14-21-37(22-15-32)57(38-23-16-33(2)17-24-38)43-31-42-50(52-48(43)40-12-10-11-13-45(40)59-52)58(39-25-18-35(19-26-39)54(4,5)6)44-28-34(3)29-46-49(44)56(42)53-51(60-46)41-30-36(55(7,8)9)20-27-47(41)61-53/h10-31H,1-9H3. The van der Waals surface area contributed by atoms with E-state index in [0.717, 1.165) is 73.1 Å². The number of fused-ring (bicyclic) bond motifs is 10. The fourth-order valence-corrected chi connectivity index (χ4v) is 10.8. The maximum atomic E-state index is 7.27. The zero-order valence-electron chi connectivity index (χ0n) is 36.4. The Kier molecular flexibility index (Phi) is 8.28. The van der Waals surface area contributed by atoms with E-state index >= 15 is 0 Å². The van der Waals surface area contributed by atoms with E-state index in [1.807, 2.05) is 11.3 Å². The Morgan fingerprint density at radius 2 is 1.26 bits per heavy atom. The van der Waals surface area contributed by atoms with Gasteiger partial charge in [0.2, 0.25) is 0 Å². The maximum Gasteiger partial charge on any atom is 0.269 e. The van der Waals surface area contributed by atoms with Gasteiger partial charge in [-0.25, -0.2) is 0 Å². The molecule has 2 aliphatic heterocycles. The largest absolute Gasteiger partial charge is 0.457 e. The summed E-state index contributed by atoms with van der Waals surface area (Å²) in [5.74, 6) is 1.88.